The van der Waals surface area contributed by atoms with Gasteiger partial charge in [-0.25, -0.2) is 14.8 Å². The van der Waals surface area contributed by atoms with Gasteiger partial charge in [0.25, 0.3) is 0 Å². The average Bonchev–Trinajstić information content (AvgIpc) is 3.41. The molecule has 1 aromatic carbocycles. The minimum absolute atomic E-state index is 0.274. The molecule has 2 aromatic heterocycles. The lowest BCUT2D eigenvalue weighted by molar-refractivity contribution is 0.0701. The van der Waals surface area contributed by atoms with Crippen LogP contribution in [0.5, 0.6) is 5.75 Å². The van der Waals surface area contributed by atoms with Gasteiger partial charge in [0.2, 0.25) is 0 Å². The third kappa shape index (κ3) is 3.73. The number of nitrogens with zero attached hydrogens (tertiary/aromatic N) is 3. The number of ether oxygens (including phenoxy) is 1. The van der Waals surface area contributed by atoms with Crippen molar-refractivity contribution in [1.29, 1.82) is 0 Å². The van der Waals surface area contributed by atoms with Crippen LogP contribution in [0.4, 0.5) is 0 Å². The molecule has 0 bridgehead atoms. The second kappa shape index (κ2) is 7.52. The lowest BCUT2D eigenvalue weighted by atomic mass is 10.1. The zero-order chi connectivity index (χ0) is 18.8. The predicted octanol–water partition coefficient (Wildman–Crippen LogP) is 4.57. The van der Waals surface area contributed by atoms with E-state index in [9.17, 15) is 9.90 Å². The molecule has 0 radical (unpaired) electrons. The van der Waals surface area contributed by atoms with Crippen molar-refractivity contribution < 1.29 is 14.6 Å². The standard InChI is InChI=1S/C20H21N3O3S/c1-13-18(20(24)25)27-19(22-13)15-6-7-17(26-11-14-4-2-3-5-14)16(10-15)23-9-8-21-12-23/h6-10,12,14H,2-5,11H2,1H3,(H,24,25). The van der Waals surface area contributed by atoms with E-state index in [0.717, 1.165) is 23.6 Å². The molecule has 2 heterocycles. The highest BCUT2D eigenvalue weighted by molar-refractivity contribution is 7.17. The van der Waals surface area contributed by atoms with Gasteiger partial charge in [-0.1, -0.05) is 12.8 Å². The Morgan fingerprint density at radius 1 is 1.37 bits per heavy atom. The maximum absolute atomic E-state index is 11.3. The maximum Gasteiger partial charge on any atom is 0.347 e. The number of carboxylic acid groups (broad SMARTS) is 1. The Morgan fingerprint density at radius 3 is 2.85 bits per heavy atom. The van der Waals surface area contributed by atoms with Crippen LogP contribution >= 0.6 is 11.3 Å². The zero-order valence-corrected chi connectivity index (χ0v) is 15.9. The van der Waals surface area contributed by atoms with Crippen molar-refractivity contribution in [3.8, 4) is 22.0 Å². The molecule has 1 saturated carbocycles. The number of thiazole rings is 1. The smallest absolute Gasteiger partial charge is 0.347 e. The molecule has 27 heavy (non-hydrogen) atoms. The Bertz CT molecular complexity index is 944. The summed E-state index contributed by atoms with van der Waals surface area (Å²) in [6.45, 7) is 2.44. The van der Waals surface area contributed by atoms with Crippen LogP contribution in [0.2, 0.25) is 0 Å². The fraction of sp³-hybridized carbons (Fsp3) is 0.350. The summed E-state index contributed by atoms with van der Waals surface area (Å²) in [5, 5.41) is 9.98. The molecule has 0 aliphatic heterocycles. The minimum Gasteiger partial charge on any atom is -0.491 e. The summed E-state index contributed by atoms with van der Waals surface area (Å²) in [5.74, 6) is 0.484. The van der Waals surface area contributed by atoms with Gasteiger partial charge in [-0.2, -0.15) is 0 Å². The Kier molecular flexibility index (Phi) is 4.94. The summed E-state index contributed by atoms with van der Waals surface area (Å²) in [6.07, 6.45) is 10.4. The molecule has 0 amide bonds. The second-order valence-corrected chi connectivity index (χ2v) is 7.85. The van der Waals surface area contributed by atoms with Crippen LogP contribution < -0.4 is 4.74 Å². The van der Waals surface area contributed by atoms with Crippen molar-refractivity contribution in [2.45, 2.75) is 32.6 Å². The third-order valence-electron chi connectivity index (χ3n) is 4.93. The van der Waals surface area contributed by atoms with Crippen molar-refractivity contribution in [2.75, 3.05) is 6.61 Å². The van der Waals surface area contributed by atoms with Gasteiger partial charge in [0, 0.05) is 18.0 Å². The summed E-state index contributed by atoms with van der Waals surface area (Å²) >= 11 is 1.19. The predicted molar refractivity (Wildman–Crippen MR) is 104 cm³/mol. The molecule has 6 nitrogen and oxygen atoms in total. The maximum atomic E-state index is 11.3. The van der Waals surface area contributed by atoms with Gasteiger partial charge in [-0.3, -0.25) is 0 Å². The summed E-state index contributed by atoms with van der Waals surface area (Å²) in [5.41, 5.74) is 2.29. The molecule has 1 fully saturated rings. The van der Waals surface area contributed by atoms with Crippen molar-refractivity contribution >= 4 is 17.3 Å². The summed E-state index contributed by atoms with van der Waals surface area (Å²) < 4.78 is 8.05. The summed E-state index contributed by atoms with van der Waals surface area (Å²) in [6, 6.07) is 5.86. The van der Waals surface area contributed by atoms with Crippen molar-refractivity contribution in [3.05, 3.63) is 47.5 Å². The van der Waals surface area contributed by atoms with E-state index >= 15 is 0 Å². The van der Waals surface area contributed by atoms with Crippen LogP contribution in [-0.4, -0.2) is 32.2 Å². The van der Waals surface area contributed by atoms with Gasteiger partial charge in [0.15, 0.2) is 0 Å². The molecule has 4 rings (SSSR count). The number of hydrogen-bond acceptors (Lipinski definition) is 5. The van der Waals surface area contributed by atoms with Crippen LogP contribution in [0.15, 0.2) is 36.9 Å². The number of carboxylic acids is 1. The van der Waals surface area contributed by atoms with Gasteiger partial charge >= 0.3 is 5.97 Å². The highest BCUT2D eigenvalue weighted by Gasteiger charge is 2.19. The minimum atomic E-state index is -0.942. The van der Waals surface area contributed by atoms with Crippen LogP contribution in [0.25, 0.3) is 16.3 Å². The van der Waals surface area contributed by atoms with Gasteiger partial charge in [0.1, 0.15) is 15.6 Å². The van der Waals surface area contributed by atoms with Crippen molar-refractivity contribution in [3.63, 3.8) is 0 Å². The Balaban J connectivity index is 1.67. The molecule has 1 N–H and O–H groups in total. The second-order valence-electron chi connectivity index (χ2n) is 6.85. The molecule has 0 atom stereocenters. The number of imidazole rings is 1. The summed E-state index contributed by atoms with van der Waals surface area (Å²) in [4.78, 5) is 20.2. The molecule has 0 saturated heterocycles. The fourth-order valence-electron chi connectivity index (χ4n) is 3.48. The highest BCUT2D eigenvalue weighted by Crippen LogP contribution is 2.34. The van der Waals surface area contributed by atoms with E-state index in [1.807, 2.05) is 29.0 Å². The molecular weight excluding hydrogens is 362 g/mol. The van der Waals surface area contributed by atoms with E-state index in [2.05, 4.69) is 9.97 Å². The number of hydrogen-bond donors (Lipinski definition) is 1. The third-order valence-corrected chi connectivity index (χ3v) is 6.12. The van der Waals surface area contributed by atoms with Crippen molar-refractivity contribution in [1.82, 2.24) is 14.5 Å². The zero-order valence-electron chi connectivity index (χ0n) is 15.1. The Labute approximate surface area is 161 Å². The molecule has 0 unspecified atom stereocenters. The SMILES string of the molecule is Cc1nc(-c2ccc(OCC3CCCC3)c(-n3ccnc3)c2)sc1C(=O)O. The number of benzene rings is 1. The van der Waals surface area contributed by atoms with Crippen LogP contribution in [0, 0.1) is 12.8 Å². The first kappa shape index (κ1) is 17.7. The molecule has 0 spiro atoms. The number of rotatable bonds is 6. The van der Waals surface area contributed by atoms with E-state index in [-0.39, 0.29) is 4.88 Å². The van der Waals surface area contributed by atoms with Crippen LogP contribution in [-0.2, 0) is 0 Å². The first-order chi connectivity index (χ1) is 13.1. The topological polar surface area (TPSA) is 77.2 Å². The molecular formula is C20H21N3O3S. The van der Waals surface area contributed by atoms with E-state index in [0.29, 0.717) is 16.6 Å². The van der Waals surface area contributed by atoms with E-state index in [1.54, 1.807) is 19.4 Å². The van der Waals surface area contributed by atoms with E-state index in [1.165, 1.54) is 37.0 Å². The summed E-state index contributed by atoms with van der Waals surface area (Å²) in [7, 11) is 0. The monoisotopic (exact) mass is 383 g/mol. The van der Waals surface area contributed by atoms with Gasteiger partial charge in [-0.05, 0) is 43.9 Å². The van der Waals surface area contributed by atoms with E-state index < -0.39 is 5.97 Å². The van der Waals surface area contributed by atoms with Crippen LogP contribution in [0.3, 0.4) is 0 Å². The normalized spacial score (nSPS) is 14.6. The van der Waals surface area contributed by atoms with Crippen LogP contribution in [0.1, 0.15) is 41.0 Å². The molecule has 1 aliphatic carbocycles. The van der Waals surface area contributed by atoms with Gasteiger partial charge in [-0.15, -0.1) is 11.3 Å². The molecule has 7 heteroatoms. The quantitative estimate of drug-likeness (QED) is 0.675. The Hall–Kier alpha value is -2.67. The number of aryl methyl sites for hydroxylation is 1. The highest BCUT2D eigenvalue weighted by atomic mass is 32.1. The number of aromatic carboxylic acids is 1. The first-order valence-electron chi connectivity index (χ1n) is 9.08. The lowest BCUT2D eigenvalue weighted by Crippen LogP contribution is -2.09. The average molecular weight is 383 g/mol. The van der Waals surface area contributed by atoms with Crippen molar-refractivity contribution in [2.24, 2.45) is 5.92 Å². The Morgan fingerprint density at radius 2 is 2.19 bits per heavy atom. The lowest BCUT2D eigenvalue weighted by Gasteiger charge is -2.16. The van der Waals surface area contributed by atoms with E-state index in [4.69, 9.17) is 4.74 Å². The molecule has 140 valence electrons. The van der Waals surface area contributed by atoms with Gasteiger partial charge in [0.05, 0.1) is 24.3 Å². The number of aromatic nitrogens is 3. The number of carbonyl (C=O) groups is 1. The molecule has 3 aromatic rings. The first-order valence-corrected chi connectivity index (χ1v) is 9.90. The van der Waals surface area contributed by atoms with Gasteiger partial charge < -0.3 is 14.4 Å². The largest absolute Gasteiger partial charge is 0.491 e. The fourth-order valence-corrected chi connectivity index (χ4v) is 4.38. The molecule has 1 aliphatic rings.